The number of esters is 1. The van der Waals surface area contributed by atoms with E-state index in [2.05, 4.69) is 5.92 Å². The molecule has 0 saturated heterocycles. The van der Waals surface area contributed by atoms with Gasteiger partial charge in [-0.05, 0) is 25.5 Å². The van der Waals surface area contributed by atoms with Gasteiger partial charge in [-0.15, -0.1) is 18.0 Å². The Labute approximate surface area is 142 Å². The number of hydrogen-bond acceptors (Lipinski definition) is 4. The number of hydrogen-bond donors (Lipinski definition) is 0. The quantitative estimate of drug-likeness (QED) is 0.426. The van der Waals surface area contributed by atoms with Crippen LogP contribution in [-0.4, -0.2) is 43.3 Å². The molecule has 1 aromatic carbocycles. The number of benzene rings is 1. The number of carbonyl (C=O) groups excluding carboxylic acids is 1. The Balaban J connectivity index is 3.52. The first kappa shape index (κ1) is 19.5. The van der Waals surface area contributed by atoms with E-state index in [9.17, 15) is 13.2 Å². The second-order valence-corrected chi connectivity index (χ2v) is 7.42. The minimum Gasteiger partial charge on any atom is -0.468 e. The molecular weight excluding hydrogens is 338 g/mol. The summed E-state index contributed by atoms with van der Waals surface area (Å²) in [5, 5.41) is -0.683. The number of rotatable bonds is 7. The molecule has 0 aliphatic carbocycles. The molecule has 1 aromatic rings. The number of nitrogens with zero attached hydrogens (tertiary/aromatic N) is 1. The maximum atomic E-state index is 13.0. The first-order valence-electron chi connectivity index (χ1n) is 7.07. The van der Waals surface area contributed by atoms with Gasteiger partial charge in [0.15, 0.2) is 0 Å². The van der Waals surface area contributed by atoms with Crippen LogP contribution < -0.4 is 0 Å². The van der Waals surface area contributed by atoms with Crippen molar-refractivity contribution in [3.8, 4) is 12.3 Å². The predicted molar refractivity (Wildman–Crippen MR) is 89.5 cm³/mol. The molecule has 0 saturated carbocycles. The first-order chi connectivity index (χ1) is 10.8. The monoisotopic (exact) mass is 357 g/mol. The zero-order valence-electron chi connectivity index (χ0n) is 13.3. The standard InChI is InChI=1S/C16H20ClNO4S/c1-5-14(12(3)17)18(15(6-2)16(19)22-4)23(20,21)13-10-8-7-9-11-13/h1,7-12,14-15H,6H2,2-4H3. The highest BCUT2D eigenvalue weighted by atomic mass is 35.5. The molecule has 5 nitrogen and oxygen atoms in total. The lowest BCUT2D eigenvalue weighted by Gasteiger charge is -2.33. The van der Waals surface area contributed by atoms with Crippen LogP contribution in [0.1, 0.15) is 20.3 Å². The van der Waals surface area contributed by atoms with E-state index in [0.29, 0.717) is 0 Å². The topological polar surface area (TPSA) is 63.7 Å². The Morgan fingerprint density at radius 2 is 1.96 bits per heavy atom. The number of halogens is 1. The number of sulfonamides is 1. The fourth-order valence-electron chi connectivity index (χ4n) is 2.22. The van der Waals surface area contributed by atoms with Crippen molar-refractivity contribution in [3.05, 3.63) is 30.3 Å². The van der Waals surface area contributed by atoms with E-state index in [0.717, 1.165) is 4.31 Å². The van der Waals surface area contributed by atoms with Crippen LogP contribution in [0, 0.1) is 12.3 Å². The van der Waals surface area contributed by atoms with Gasteiger partial charge < -0.3 is 4.74 Å². The SMILES string of the molecule is C#CC(C(C)Cl)N(C(CC)C(=O)OC)S(=O)(=O)c1ccccc1. The first-order valence-corrected chi connectivity index (χ1v) is 8.95. The molecule has 3 unspecified atom stereocenters. The summed E-state index contributed by atoms with van der Waals surface area (Å²) in [4.78, 5) is 12.1. The van der Waals surface area contributed by atoms with Crippen LogP contribution in [0.2, 0.25) is 0 Å². The molecule has 23 heavy (non-hydrogen) atoms. The van der Waals surface area contributed by atoms with Crippen molar-refractivity contribution in [3.63, 3.8) is 0 Å². The third-order valence-electron chi connectivity index (χ3n) is 3.37. The van der Waals surface area contributed by atoms with E-state index in [1.807, 2.05) is 0 Å². The van der Waals surface area contributed by atoms with Gasteiger partial charge in [-0.1, -0.05) is 31.0 Å². The highest BCUT2D eigenvalue weighted by Crippen LogP contribution is 2.26. The third-order valence-corrected chi connectivity index (χ3v) is 5.51. The lowest BCUT2D eigenvalue weighted by atomic mass is 10.1. The van der Waals surface area contributed by atoms with Crippen molar-refractivity contribution in [1.29, 1.82) is 0 Å². The Hall–Kier alpha value is -1.55. The molecule has 0 aromatic heterocycles. The fourth-order valence-corrected chi connectivity index (χ4v) is 4.34. The minimum atomic E-state index is -4.02. The summed E-state index contributed by atoms with van der Waals surface area (Å²) in [6, 6.07) is 5.75. The van der Waals surface area contributed by atoms with E-state index in [1.165, 1.54) is 19.2 Å². The van der Waals surface area contributed by atoms with Gasteiger partial charge in [-0.25, -0.2) is 8.42 Å². The van der Waals surface area contributed by atoms with Gasteiger partial charge in [-0.2, -0.15) is 4.31 Å². The van der Waals surface area contributed by atoms with Gasteiger partial charge in [0.2, 0.25) is 10.0 Å². The van der Waals surface area contributed by atoms with Crippen LogP contribution in [0.25, 0.3) is 0 Å². The number of ether oxygens (including phenoxy) is 1. The summed E-state index contributed by atoms with van der Waals surface area (Å²) in [5.74, 6) is 1.70. The lowest BCUT2D eigenvalue weighted by Crippen LogP contribution is -2.52. The highest BCUT2D eigenvalue weighted by Gasteiger charge is 2.41. The molecule has 0 radical (unpaired) electrons. The molecule has 0 amide bonds. The summed E-state index contributed by atoms with van der Waals surface area (Å²) >= 11 is 6.08. The van der Waals surface area contributed by atoms with Gasteiger partial charge in [0.1, 0.15) is 12.1 Å². The highest BCUT2D eigenvalue weighted by molar-refractivity contribution is 7.89. The lowest BCUT2D eigenvalue weighted by molar-refractivity contribution is -0.145. The van der Waals surface area contributed by atoms with Gasteiger partial charge in [0, 0.05) is 0 Å². The summed E-state index contributed by atoms with van der Waals surface area (Å²) in [6.45, 7) is 3.27. The van der Waals surface area contributed by atoms with Gasteiger partial charge in [0.05, 0.1) is 17.4 Å². The Morgan fingerprint density at radius 3 is 2.35 bits per heavy atom. The predicted octanol–water partition coefficient (Wildman–Crippen LogP) is 2.26. The van der Waals surface area contributed by atoms with Crippen molar-refractivity contribution in [2.24, 2.45) is 0 Å². The summed E-state index contributed by atoms with van der Waals surface area (Å²) in [7, 11) is -2.82. The van der Waals surface area contributed by atoms with Crippen LogP contribution >= 0.6 is 11.6 Å². The number of alkyl halides is 1. The summed E-state index contributed by atoms with van der Waals surface area (Å²) in [5.41, 5.74) is 0. The summed E-state index contributed by atoms with van der Waals surface area (Å²) in [6.07, 6.45) is 5.70. The Morgan fingerprint density at radius 1 is 1.39 bits per heavy atom. The van der Waals surface area contributed by atoms with E-state index in [4.69, 9.17) is 22.8 Å². The van der Waals surface area contributed by atoms with Crippen LogP contribution in [0.5, 0.6) is 0 Å². The average Bonchev–Trinajstić information content (AvgIpc) is 2.54. The minimum absolute atomic E-state index is 0.0416. The van der Waals surface area contributed by atoms with Crippen molar-refractivity contribution in [2.75, 3.05) is 7.11 Å². The van der Waals surface area contributed by atoms with Crippen molar-refractivity contribution in [2.45, 2.75) is 42.6 Å². The summed E-state index contributed by atoms with van der Waals surface area (Å²) < 4.78 is 31.8. The molecule has 1 rings (SSSR count). The van der Waals surface area contributed by atoms with Crippen molar-refractivity contribution in [1.82, 2.24) is 4.31 Å². The zero-order valence-corrected chi connectivity index (χ0v) is 14.8. The molecule has 0 bridgehead atoms. The van der Waals surface area contributed by atoms with Gasteiger partial charge >= 0.3 is 5.97 Å². The van der Waals surface area contributed by atoms with Crippen LogP contribution in [-0.2, 0) is 19.6 Å². The molecule has 0 spiro atoms. The molecule has 126 valence electrons. The number of terminal acetylenes is 1. The van der Waals surface area contributed by atoms with Crippen molar-refractivity contribution >= 4 is 27.6 Å². The molecule has 7 heteroatoms. The second-order valence-electron chi connectivity index (χ2n) is 4.88. The molecule has 0 fully saturated rings. The molecule has 0 heterocycles. The molecule has 3 atom stereocenters. The number of carbonyl (C=O) groups is 1. The zero-order chi connectivity index (χ0) is 17.6. The molecule has 0 N–H and O–H groups in total. The molecule has 0 aliphatic rings. The van der Waals surface area contributed by atoms with Crippen LogP contribution in [0.4, 0.5) is 0 Å². The largest absolute Gasteiger partial charge is 0.468 e. The maximum absolute atomic E-state index is 13.0. The maximum Gasteiger partial charge on any atom is 0.324 e. The molecule has 0 aliphatic heterocycles. The van der Waals surface area contributed by atoms with E-state index >= 15 is 0 Å². The van der Waals surface area contributed by atoms with E-state index in [1.54, 1.807) is 32.0 Å². The Bertz CT molecular complexity index is 667. The van der Waals surface area contributed by atoms with Gasteiger partial charge in [-0.3, -0.25) is 4.79 Å². The average molecular weight is 358 g/mol. The molecular formula is C16H20ClNO4S. The third kappa shape index (κ3) is 4.25. The van der Waals surface area contributed by atoms with Gasteiger partial charge in [0.25, 0.3) is 0 Å². The fraction of sp³-hybridized carbons (Fsp3) is 0.438. The van der Waals surface area contributed by atoms with Crippen LogP contribution in [0.15, 0.2) is 35.2 Å². The van der Waals surface area contributed by atoms with E-state index in [-0.39, 0.29) is 11.3 Å². The van der Waals surface area contributed by atoms with E-state index < -0.39 is 33.5 Å². The van der Waals surface area contributed by atoms with Crippen molar-refractivity contribution < 1.29 is 17.9 Å². The Kier molecular flexibility index (Phi) is 7.07. The number of methoxy groups -OCH3 is 1. The normalized spacial score (nSPS) is 15.5. The smallest absolute Gasteiger partial charge is 0.324 e. The van der Waals surface area contributed by atoms with Crippen LogP contribution in [0.3, 0.4) is 0 Å². The second kappa shape index (κ2) is 8.34.